The molecule has 0 saturated carbocycles. The molecule has 0 N–H and O–H groups in total. The summed E-state index contributed by atoms with van der Waals surface area (Å²) in [6.07, 6.45) is 11.3. The van der Waals surface area contributed by atoms with Crippen LogP contribution in [0.15, 0.2) is 67.3 Å². The third-order valence-corrected chi connectivity index (χ3v) is 5.41. The van der Waals surface area contributed by atoms with Gasteiger partial charge in [-0.1, -0.05) is 74.2 Å². The molecule has 4 rings (SSSR count). The van der Waals surface area contributed by atoms with Crippen molar-refractivity contribution in [1.29, 1.82) is 0 Å². The Morgan fingerprint density at radius 2 is 1.81 bits per heavy atom. The molecule has 1 nitrogen and oxygen atoms in total. The highest BCUT2D eigenvalue weighted by molar-refractivity contribution is 5.75. The Bertz CT molecular complexity index is 868. The van der Waals surface area contributed by atoms with Gasteiger partial charge in [0.1, 0.15) is 0 Å². The van der Waals surface area contributed by atoms with Crippen LogP contribution in [0, 0.1) is 0 Å². The first-order valence-electron chi connectivity index (χ1n) is 9.76. The molecule has 0 atom stereocenters. The minimum Gasteiger partial charge on any atom is -0.367 e. The van der Waals surface area contributed by atoms with E-state index in [1.54, 1.807) is 0 Å². The molecule has 1 aliphatic carbocycles. The maximum absolute atomic E-state index is 4.28. The third-order valence-electron chi connectivity index (χ3n) is 5.41. The first kappa shape index (κ1) is 16.9. The fraction of sp³-hybridized carbons (Fsp3) is 0.280. The van der Waals surface area contributed by atoms with Crippen molar-refractivity contribution in [1.82, 2.24) is 4.90 Å². The van der Waals surface area contributed by atoms with E-state index in [2.05, 4.69) is 79.1 Å². The summed E-state index contributed by atoms with van der Waals surface area (Å²) in [5.41, 5.74) is 9.38. The van der Waals surface area contributed by atoms with Crippen LogP contribution < -0.4 is 0 Å². The molecule has 1 heterocycles. The van der Waals surface area contributed by atoms with Crippen LogP contribution in [0.2, 0.25) is 0 Å². The Hall–Kier alpha value is -2.54. The third kappa shape index (κ3) is 3.39. The van der Waals surface area contributed by atoms with Gasteiger partial charge in [0.15, 0.2) is 0 Å². The summed E-state index contributed by atoms with van der Waals surface area (Å²) < 4.78 is 0. The number of hydrogen-bond acceptors (Lipinski definition) is 1. The van der Waals surface area contributed by atoms with Crippen LogP contribution in [0.4, 0.5) is 0 Å². The number of fused-ring (bicyclic) bond motifs is 1. The highest BCUT2D eigenvalue weighted by Crippen LogP contribution is 2.32. The molecule has 0 spiro atoms. The Balaban J connectivity index is 1.49. The van der Waals surface area contributed by atoms with Gasteiger partial charge < -0.3 is 4.90 Å². The summed E-state index contributed by atoms with van der Waals surface area (Å²) in [4.78, 5) is 2.40. The highest BCUT2D eigenvalue weighted by atomic mass is 15.1. The second-order valence-electron chi connectivity index (χ2n) is 7.37. The summed E-state index contributed by atoms with van der Waals surface area (Å²) in [5, 5.41) is 0. The number of rotatable bonds is 5. The van der Waals surface area contributed by atoms with Gasteiger partial charge in [-0.25, -0.2) is 0 Å². The molecule has 0 fully saturated rings. The van der Waals surface area contributed by atoms with E-state index in [4.69, 9.17) is 0 Å². The van der Waals surface area contributed by atoms with Crippen molar-refractivity contribution >= 4 is 11.3 Å². The lowest BCUT2D eigenvalue weighted by Gasteiger charge is -2.17. The molecule has 0 amide bonds. The Morgan fingerprint density at radius 3 is 2.54 bits per heavy atom. The fourth-order valence-corrected chi connectivity index (χ4v) is 4.00. The average Bonchev–Trinajstić information content (AvgIpc) is 2.99. The van der Waals surface area contributed by atoms with E-state index in [1.807, 2.05) is 0 Å². The second kappa shape index (κ2) is 7.37. The largest absolute Gasteiger partial charge is 0.367 e. The highest BCUT2D eigenvalue weighted by Gasteiger charge is 2.21. The number of hydrogen-bond donors (Lipinski definition) is 0. The second-order valence-corrected chi connectivity index (χ2v) is 7.37. The van der Waals surface area contributed by atoms with E-state index >= 15 is 0 Å². The summed E-state index contributed by atoms with van der Waals surface area (Å²) in [6, 6.07) is 16.0. The van der Waals surface area contributed by atoms with Gasteiger partial charge in [-0.05, 0) is 53.5 Å². The molecule has 0 saturated heterocycles. The molecule has 2 aromatic carbocycles. The Morgan fingerprint density at radius 1 is 1.00 bits per heavy atom. The Kier molecular flexibility index (Phi) is 4.79. The zero-order chi connectivity index (χ0) is 17.9. The fourth-order valence-electron chi connectivity index (χ4n) is 4.00. The molecule has 2 aliphatic rings. The molecule has 0 bridgehead atoms. The van der Waals surface area contributed by atoms with Crippen LogP contribution in [0.5, 0.6) is 0 Å². The van der Waals surface area contributed by atoms with Crippen LogP contribution in [-0.2, 0) is 13.0 Å². The molecular weight excluding hydrogens is 314 g/mol. The van der Waals surface area contributed by atoms with Gasteiger partial charge >= 0.3 is 0 Å². The maximum atomic E-state index is 4.28. The lowest BCUT2D eigenvalue weighted by molar-refractivity contribution is 0.410. The van der Waals surface area contributed by atoms with Crippen LogP contribution in [-0.4, -0.2) is 11.4 Å². The first-order valence-corrected chi connectivity index (χ1v) is 9.76. The lowest BCUT2D eigenvalue weighted by atomic mass is 9.96. The van der Waals surface area contributed by atoms with Gasteiger partial charge in [0.25, 0.3) is 0 Å². The van der Waals surface area contributed by atoms with Crippen molar-refractivity contribution in [2.75, 3.05) is 6.54 Å². The topological polar surface area (TPSA) is 3.24 Å². The van der Waals surface area contributed by atoms with Crippen molar-refractivity contribution in [2.45, 2.75) is 39.2 Å². The van der Waals surface area contributed by atoms with Crippen LogP contribution in [0.25, 0.3) is 11.3 Å². The smallest absolute Gasteiger partial charge is 0.0436 e. The molecule has 0 unspecified atom stereocenters. The summed E-state index contributed by atoms with van der Waals surface area (Å²) in [5.74, 6) is 0. The van der Waals surface area contributed by atoms with Gasteiger partial charge in [-0.2, -0.15) is 0 Å². The summed E-state index contributed by atoms with van der Waals surface area (Å²) in [6.45, 7) is 8.61. The van der Waals surface area contributed by atoms with E-state index < -0.39 is 0 Å². The van der Waals surface area contributed by atoms with Crippen molar-refractivity contribution in [3.05, 3.63) is 95.1 Å². The van der Waals surface area contributed by atoms with Gasteiger partial charge in [0.2, 0.25) is 0 Å². The van der Waals surface area contributed by atoms with Gasteiger partial charge in [-0.15, -0.1) is 0 Å². The standard InChI is InChI=1S/C25H27N/c1-3-15-26-18-24-17-21(11-14-25(24)19(26)2)16-20-9-12-23(13-10-20)22-7-5-4-6-8-22/h5,7-14,17H,2-4,6,15-16,18H2,1H3. The zero-order valence-electron chi connectivity index (χ0n) is 15.7. The molecule has 1 aliphatic heterocycles. The molecule has 26 heavy (non-hydrogen) atoms. The molecule has 0 aromatic heterocycles. The van der Waals surface area contributed by atoms with Crippen LogP contribution >= 0.6 is 0 Å². The van der Waals surface area contributed by atoms with Gasteiger partial charge in [0.05, 0.1) is 0 Å². The van der Waals surface area contributed by atoms with Gasteiger partial charge in [0, 0.05) is 24.4 Å². The molecule has 0 radical (unpaired) electrons. The van der Waals surface area contributed by atoms with E-state index in [9.17, 15) is 0 Å². The monoisotopic (exact) mass is 341 g/mol. The lowest BCUT2D eigenvalue weighted by Crippen LogP contribution is -2.15. The maximum Gasteiger partial charge on any atom is 0.0436 e. The van der Waals surface area contributed by atoms with Gasteiger partial charge in [-0.3, -0.25) is 0 Å². The molecule has 1 heteroatoms. The predicted molar refractivity (Wildman–Crippen MR) is 112 cm³/mol. The van der Waals surface area contributed by atoms with Crippen molar-refractivity contribution < 1.29 is 0 Å². The molecule has 2 aromatic rings. The van der Waals surface area contributed by atoms with Crippen LogP contribution in [0.3, 0.4) is 0 Å². The van der Waals surface area contributed by atoms with E-state index in [-0.39, 0.29) is 0 Å². The summed E-state index contributed by atoms with van der Waals surface area (Å²) in [7, 11) is 0. The minimum atomic E-state index is 0.989. The van der Waals surface area contributed by atoms with E-state index in [0.717, 1.165) is 32.4 Å². The number of nitrogens with zero attached hydrogens (tertiary/aromatic N) is 1. The first-order chi connectivity index (χ1) is 12.7. The van der Waals surface area contributed by atoms with E-state index in [0.29, 0.717) is 0 Å². The molecular formula is C25H27N. The van der Waals surface area contributed by atoms with Crippen LogP contribution in [0.1, 0.15) is 54.0 Å². The predicted octanol–water partition coefficient (Wildman–Crippen LogP) is 6.21. The Labute approximate surface area is 157 Å². The minimum absolute atomic E-state index is 0.989. The average molecular weight is 341 g/mol. The molecule has 132 valence electrons. The van der Waals surface area contributed by atoms with Crippen molar-refractivity contribution in [3.63, 3.8) is 0 Å². The van der Waals surface area contributed by atoms with Crippen molar-refractivity contribution in [2.24, 2.45) is 0 Å². The number of allylic oxidation sites excluding steroid dienone is 4. The normalized spacial score (nSPS) is 16.0. The quantitative estimate of drug-likeness (QED) is 0.625. The summed E-state index contributed by atoms with van der Waals surface area (Å²) >= 11 is 0. The number of benzene rings is 2. The zero-order valence-corrected chi connectivity index (χ0v) is 15.7. The van der Waals surface area contributed by atoms with Crippen molar-refractivity contribution in [3.8, 4) is 0 Å². The van der Waals surface area contributed by atoms with E-state index in [1.165, 1.54) is 45.5 Å². The SMILES string of the molecule is C=C1c2ccc(Cc3ccc(C4=CCCC=C4)cc3)cc2CN1CCC.